The summed E-state index contributed by atoms with van der Waals surface area (Å²) in [6.45, 7) is 2.28. The SMILES string of the molecule is Cc1cc(F)ccc1COc1ccc2c(c1)[C@H](O)CCC2. The number of ether oxygens (including phenoxy) is 1. The smallest absolute Gasteiger partial charge is 0.123 e. The summed E-state index contributed by atoms with van der Waals surface area (Å²) in [4.78, 5) is 0. The molecule has 0 aliphatic heterocycles. The summed E-state index contributed by atoms with van der Waals surface area (Å²) < 4.78 is 18.9. The van der Waals surface area contributed by atoms with Crippen LogP contribution < -0.4 is 4.74 Å². The maximum absolute atomic E-state index is 13.1. The predicted octanol–water partition coefficient (Wildman–Crippen LogP) is 4.08. The summed E-state index contributed by atoms with van der Waals surface area (Å²) in [7, 11) is 0. The van der Waals surface area contributed by atoms with Gasteiger partial charge in [0, 0.05) is 0 Å². The second-order valence-electron chi connectivity index (χ2n) is 5.63. The molecule has 0 aromatic heterocycles. The van der Waals surface area contributed by atoms with E-state index in [1.165, 1.54) is 17.7 Å². The van der Waals surface area contributed by atoms with Crippen LogP contribution in [0, 0.1) is 12.7 Å². The molecule has 0 spiro atoms. The molecule has 21 heavy (non-hydrogen) atoms. The van der Waals surface area contributed by atoms with Gasteiger partial charge in [-0.3, -0.25) is 0 Å². The van der Waals surface area contributed by atoms with E-state index in [9.17, 15) is 9.50 Å². The second kappa shape index (κ2) is 5.86. The Morgan fingerprint density at radius 2 is 2.10 bits per heavy atom. The third-order valence-electron chi connectivity index (χ3n) is 4.10. The lowest BCUT2D eigenvalue weighted by Gasteiger charge is -2.22. The van der Waals surface area contributed by atoms with Crippen molar-refractivity contribution in [3.63, 3.8) is 0 Å². The van der Waals surface area contributed by atoms with E-state index in [2.05, 4.69) is 0 Å². The van der Waals surface area contributed by atoms with Gasteiger partial charge in [0.25, 0.3) is 0 Å². The molecule has 0 saturated heterocycles. The molecule has 1 atom stereocenters. The summed E-state index contributed by atoms with van der Waals surface area (Å²) in [5.41, 5.74) is 4.04. The van der Waals surface area contributed by atoms with Crippen LogP contribution in [0.5, 0.6) is 5.75 Å². The highest BCUT2D eigenvalue weighted by Gasteiger charge is 2.18. The Kier molecular flexibility index (Phi) is 3.93. The number of aliphatic hydroxyl groups is 1. The molecule has 3 rings (SSSR count). The van der Waals surface area contributed by atoms with E-state index < -0.39 is 0 Å². The van der Waals surface area contributed by atoms with Crippen LogP contribution in [-0.2, 0) is 13.0 Å². The van der Waals surface area contributed by atoms with Crippen molar-refractivity contribution in [3.8, 4) is 5.75 Å². The van der Waals surface area contributed by atoms with E-state index in [1.807, 2.05) is 25.1 Å². The third-order valence-corrected chi connectivity index (χ3v) is 4.10. The van der Waals surface area contributed by atoms with Gasteiger partial charge in [-0.2, -0.15) is 0 Å². The van der Waals surface area contributed by atoms with Gasteiger partial charge >= 0.3 is 0 Å². The lowest BCUT2D eigenvalue weighted by molar-refractivity contribution is 0.156. The van der Waals surface area contributed by atoms with Gasteiger partial charge in [-0.1, -0.05) is 12.1 Å². The minimum Gasteiger partial charge on any atom is -0.489 e. The highest BCUT2D eigenvalue weighted by atomic mass is 19.1. The number of hydrogen-bond donors (Lipinski definition) is 1. The normalized spacial score (nSPS) is 17.4. The monoisotopic (exact) mass is 286 g/mol. The van der Waals surface area contributed by atoms with Crippen LogP contribution in [0.1, 0.15) is 41.2 Å². The summed E-state index contributed by atoms with van der Waals surface area (Å²) >= 11 is 0. The van der Waals surface area contributed by atoms with Crippen LogP contribution in [0.2, 0.25) is 0 Å². The van der Waals surface area contributed by atoms with Crippen LogP contribution in [0.25, 0.3) is 0 Å². The molecule has 2 aromatic carbocycles. The maximum atomic E-state index is 13.1. The number of aryl methyl sites for hydroxylation is 2. The van der Waals surface area contributed by atoms with Crippen molar-refractivity contribution < 1.29 is 14.2 Å². The number of halogens is 1. The fourth-order valence-electron chi connectivity index (χ4n) is 2.82. The van der Waals surface area contributed by atoms with Crippen LogP contribution in [0.15, 0.2) is 36.4 Å². The summed E-state index contributed by atoms with van der Waals surface area (Å²) in [6.07, 6.45) is 2.48. The average molecular weight is 286 g/mol. The molecule has 2 nitrogen and oxygen atoms in total. The fraction of sp³-hybridized carbons (Fsp3) is 0.333. The predicted molar refractivity (Wildman–Crippen MR) is 79.8 cm³/mol. The van der Waals surface area contributed by atoms with Gasteiger partial charge in [0.2, 0.25) is 0 Å². The molecule has 110 valence electrons. The molecule has 0 bridgehead atoms. The molecule has 3 heteroatoms. The van der Waals surface area contributed by atoms with Crippen molar-refractivity contribution in [2.75, 3.05) is 0 Å². The number of hydrogen-bond acceptors (Lipinski definition) is 2. The van der Waals surface area contributed by atoms with E-state index in [-0.39, 0.29) is 11.9 Å². The molecular formula is C18H19FO2. The van der Waals surface area contributed by atoms with E-state index in [0.29, 0.717) is 6.61 Å². The summed E-state index contributed by atoms with van der Waals surface area (Å²) in [5, 5.41) is 10.0. The van der Waals surface area contributed by atoms with Gasteiger partial charge in [-0.25, -0.2) is 4.39 Å². The zero-order chi connectivity index (χ0) is 14.8. The van der Waals surface area contributed by atoms with Crippen molar-refractivity contribution >= 4 is 0 Å². The van der Waals surface area contributed by atoms with Crippen molar-refractivity contribution in [2.45, 2.75) is 38.9 Å². The van der Waals surface area contributed by atoms with Gasteiger partial charge in [0.15, 0.2) is 0 Å². The topological polar surface area (TPSA) is 29.5 Å². The number of benzene rings is 2. The van der Waals surface area contributed by atoms with Crippen molar-refractivity contribution in [1.29, 1.82) is 0 Å². The first-order chi connectivity index (χ1) is 10.1. The van der Waals surface area contributed by atoms with Gasteiger partial charge in [0.1, 0.15) is 18.2 Å². The Hall–Kier alpha value is -1.87. The van der Waals surface area contributed by atoms with Gasteiger partial charge in [-0.15, -0.1) is 0 Å². The fourth-order valence-corrected chi connectivity index (χ4v) is 2.82. The zero-order valence-corrected chi connectivity index (χ0v) is 12.1. The average Bonchev–Trinajstić information content (AvgIpc) is 2.47. The first-order valence-corrected chi connectivity index (χ1v) is 7.32. The molecule has 0 amide bonds. The molecule has 2 aromatic rings. The van der Waals surface area contributed by atoms with Gasteiger partial charge < -0.3 is 9.84 Å². The van der Waals surface area contributed by atoms with Crippen molar-refractivity contribution in [1.82, 2.24) is 0 Å². The molecule has 1 aliphatic carbocycles. The number of aliphatic hydroxyl groups excluding tert-OH is 1. The second-order valence-corrected chi connectivity index (χ2v) is 5.63. The Labute approximate surface area is 124 Å². The van der Waals surface area contributed by atoms with Gasteiger partial charge in [0.05, 0.1) is 6.10 Å². The minimum atomic E-state index is -0.384. The molecular weight excluding hydrogens is 267 g/mol. The largest absolute Gasteiger partial charge is 0.489 e. The Bertz CT molecular complexity index is 652. The highest BCUT2D eigenvalue weighted by molar-refractivity contribution is 5.38. The molecule has 0 unspecified atom stereocenters. The first-order valence-electron chi connectivity index (χ1n) is 7.32. The lowest BCUT2D eigenvalue weighted by atomic mass is 9.89. The Balaban J connectivity index is 1.75. The first kappa shape index (κ1) is 14.1. The number of rotatable bonds is 3. The third kappa shape index (κ3) is 3.08. The summed E-state index contributed by atoms with van der Waals surface area (Å²) in [6, 6.07) is 10.6. The molecule has 0 saturated carbocycles. The quantitative estimate of drug-likeness (QED) is 0.921. The van der Waals surface area contributed by atoms with Crippen molar-refractivity contribution in [2.24, 2.45) is 0 Å². The number of fused-ring (bicyclic) bond motifs is 1. The van der Waals surface area contributed by atoms with E-state index >= 15 is 0 Å². The lowest BCUT2D eigenvalue weighted by Crippen LogP contribution is -2.09. The molecule has 0 fully saturated rings. The van der Waals surface area contributed by atoms with E-state index in [4.69, 9.17) is 4.74 Å². The van der Waals surface area contributed by atoms with Crippen LogP contribution >= 0.6 is 0 Å². The van der Waals surface area contributed by atoms with Gasteiger partial charge in [-0.05, 0) is 72.7 Å². The van der Waals surface area contributed by atoms with Crippen LogP contribution in [0.3, 0.4) is 0 Å². The zero-order valence-electron chi connectivity index (χ0n) is 12.1. The van der Waals surface area contributed by atoms with E-state index in [0.717, 1.165) is 41.7 Å². The van der Waals surface area contributed by atoms with Crippen LogP contribution in [0.4, 0.5) is 4.39 Å². The maximum Gasteiger partial charge on any atom is 0.123 e. The van der Waals surface area contributed by atoms with Crippen LogP contribution in [-0.4, -0.2) is 5.11 Å². The van der Waals surface area contributed by atoms with Crippen molar-refractivity contribution in [3.05, 3.63) is 64.5 Å². The molecule has 1 aliphatic rings. The molecule has 0 radical (unpaired) electrons. The molecule has 0 heterocycles. The highest BCUT2D eigenvalue weighted by Crippen LogP contribution is 2.32. The Morgan fingerprint density at radius 3 is 2.90 bits per heavy atom. The minimum absolute atomic E-state index is 0.229. The van der Waals surface area contributed by atoms with E-state index in [1.54, 1.807) is 6.07 Å². The summed E-state index contributed by atoms with van der Waals surface area (Å²) in [5.74, 6) is 0.520. The molecule has 1 N–H and O–H groups in total. The standard InChI is InChI=1S/C18H19FO2/c1-12-9-15(19)7-5-14(12)11-21-16-8-6-13-3-2-4-18(20)17(13)10-16/h5-10,18,20H,2-4,11H2,1H3/t18-/m1/s1. The Morgan fingerprint density at radius 1 is 1.24 bits per heavy atom.